The maximum Gasteiger partial charge on any atom is 0.411 e. The molecule has 1 atom stereocenters. The lowest BCUT2D eigenvalue weighted by Gasteiger charge is -2.13. The number of alkyl halides is 3. The molecule has 0 aliphatic carbocycles. The molecular weight excluding hydrogens is 233 g/mol. The first-order valence-electron chi connectivity index (χ1n) is 5.35. The molecule has 0 radical (unpaired) electrons. The van der Waals surface area contributed by atoms with Crippen molar-refractivity contribution in [2.24, 2.45) is 11.7 Å². The SMILES string of the molecule is CC(C)C(N)c1ccn(COCC(F)(F)F)c1. The average Bonchev–Trinajstić information content (AvgIpc) is 2.63. The largest absolute Gasteiger partial charge is 0.411 e. The Morgan fingerprint density at radius 2 is 2.06 bits per heavy atom. The van der Waals surface area contributed by atoms with Crippen molar-refractivity contribution in [3.05, 3.63) is 24.0 Å². The van der Waals surface area contributed by atoms with Gasteiger partial charge in [-0.15, -0.1) is 0 Å². The smallest absolute Gasteiger partial charge is 0.351 e. The molecule has 6 heteroatoms. The van der Waals surface area contributed by atoms with Gasteiger partial charge in [0.2, 0.25) is 0 Å². The molecule has 0 aromatic carbocycles. The van der Waals surface area contributed by atoms with Gasteiger partial charge in [0.05, 0.1) is 0 Å². The predicted octanol–water partition coefficient (Wildman–Crippen LogP) is 2.68. The summed E-state index contributed by atoms with van der Waals surface area (Å²) in [5.41, 5.74) is 6.81. The molecular formula is C11H17F3N2O. The summed E-state index contributed by atoms with van der Waals surface area (Å²) in [6.07, 6.45) is -0.917. The monoisotopic (exact) mass is 250 g/mol. The quantitative estimate of drug-likeness (QED) is 0.872. The first-order chi connectivity index (χ1) is 7.79. The molecule has 17 heavy (non-hydrogen) atoms. The second-order valence-corrected chi connectivity index (χ2v) is 4.32. The van der Waals surface area contributed by atoms with E-state index in [2.05, 4.69) is 4.74 Å². The normalized spacial score (nSPS) is 14.3. The van der Waals surface area contributed by atoms with Crippen LogP contribution in [0.4, 0.5) is 13.2 Å². The van der Waals surface area contributed by atoms with Crippen molar-refractivity contribution < 1.29 is 17.9 Å². The number of aromatic nitrogens is 1. The molecule has 1 unspecified atom stereocenters. The summed E-state index contributed by atoms with van der Waals surface area (Å²) in [5, 5.41) is 0. The van der Waals surface area contributed by atoms with Crippen LogP contribution < -0.4 is 5.73 Å². The first-order valence-corrected chi connectivity index (χ1v) is 5.35. The van der Waals surface area contributed by atoms with Gasteiger partial charge in [0.1, 0.15) is 13.3 Å². The van der Waals surface area contributed by atoms with Crippen molar-refractivity contribution in [2.75, 3.05) is 6.61 Å². The third kappa shape index (κ3) is 4.79. The van der Waals surface area contributed by atoms with Gasteiger partial charge in [-0.3, -0.25) is 0 Å². The van der Waals surface area contributed by atoms with Crippen LogP contribution >= 0.6 is 0 Å². The zero-order chi connectivity index (χ0) is 13.1. The second kappa shape index (κ2) is 5.55. The second-order valence-electron chi connectivity index (χ2n) is 4.32. The van der Waals surface area contributed by atoms with Crippen molar-refractivity contribution in [2.45, 2.75) is 32.8 Å². The minimum absolute atomic E-state index is 0.112. The molecule has 1 aromatic heterocycles. The molecule has 0 amide bonds. The van der Waals surface area contributed by atoms with Crippen LogP contribution in [-0.4, -0.2) is 17.4 Å². The molecule has 0 saturated heterocycles. The van der Waals surface area contributed by atoms with E-state index in [-0.39, 0.29) is 18.7 Å². The highest BCUT2D eigenvalue weighted by molar-refractivity contribution is 5.15. The number of nitrogens with zero attached hydrogens (tertiary/aromatic N) is 1. The van der Waals surface area contributed by atoms with Gasteiger partial charge in [-0.25, -0.2) is 0 Å². The summed E-state index contributed by atoms with van der Waals surface area (Å²) < 4.78 is 41.6. The van der Waals surface area contributed by atoms with E-state index >= 15 is 0 Å². The molecule has 2 N–H and O–H groups in total. The highest BCUT2D eigenvalue weighted by atomic mass is 19.4. The highest BCUT2D eigenvalue weighted by Crippen LogP contribution is 2.19. The Bertz CT molecular complexity index is 347. The maximum atomic E-state index is 11.8. The Hall–Kier alpha value is -1.01. The molecule has 98 valence electrons. The van der Waals surface area contributed by atoms with E-state index in [1.165, 1.54) is 0 Å². The van der Waals surface area contributed by atoms with E-state index in [1.807, 2.05) is 13.8 Å². The Balaban J connectivity index is 2.46. The van der Waals surface area contributed by atoms with Crippen molar-refractivity contribution >= 4 is 0 Å². The molecule has 0 saturated carbocycles. The topological polar surface area (TPSA) is 40.2 Å². The number of nitrogens with two attached hydrogens (primary N) is 1. The zero-order valence-electron chi connectivity index (χ0n) is 9.87. The summed E-state index contributed by atoms with van der Waals surface area (Å²) in [6.45, 7) is 2.62. The van der Waals surface area contributed by atoms with Crippen LogP contribution in [0.15, 0.2) is 18.5 Å². The van der Waals surface area contributed by atoms with Crippen molar-refractivity contribution in [1.29, 1.82) is 0 Å². The van der Waals surface area contributed by atoms with Crippen LogP contribution in [-0.2, 0) is 11.5 Å². The molecule has 0 fully saturated rings. The fourth-order valence-corrected chi connectivity index (χ4v) is 1.39. The summed E-state index contributed by atoms with van der Waals surface area (Å²) in [7, 11) is 0. The van der Waals surface area contributed by atoms with E-state index in [0.717, 1.165) is 5.56 Å². The van der Waals surface area contributed by atoms with Gasteiger partial charge < -0.3 is 15.0 Å². The van der Waals surface area contributed by atoms with Crippen LogP contribution in [0.3, 0.4) is 0 Å². The first kappa shape index (κ1) is 14.1. The molecule has 1 heterocycles. The van der Waals surface area contributed by atoms with Gasteiger partial charge in [-0.05, 0) is 17.5 Å². The number of hydrogen-bond donors (Lipinski definition) is 1. The van der Waals surface area contributed by atoms with Gasteiger partial charge >= 0.3 is 6.18 Å². The number of halogens is 3. The number of ether oxygens (including phenoxy) is 1. The van der Waals surface area contributed by atoms with Crippen LogP contribution in [0.1, 0.15) is 25.5 Å². The van der Waals surface area contributed by atoms with Gasteiger partial charge in [0.15, 0.2) is 0 Å². The van der Waals surface area contributed by atoms with Crippen molar-refractivity contribution in [3.63, 3.8) is 0 Å². The third-order valence-electron chi connectivity index (χ3n) is 2.38. The van der Waals surface area contributed by atoms with Gasteiger partial charge in [0, 0.05) is 18.4 Å². The Labute approximate surface area is 98.4 Å². The van der Waals surface area contributed by atoms with Crippen molar-refractivity contribution in [3.8, 4) is 0 Å². The molecule has 3 nitrogen and oxygen atoms in total. The lowest BCUT2D eigenvalue weighted by molar-refractivity contribution is -0.181. The van der Waals surface area contributed by atoms with Crippen LogP contribution in [0.5, 0.6) is 0 Å². The molecule has 0 bridgehead atoms. The number of hydrogen-bond acceptors (Lipinski definition) is 2. The Morgan fingerprint density at radius 3 is 2.59 bits per heavy atom. The molecule has 0 aliphatic heterocycles. The van der Waals surface area contributed by atoms with Gasteiger partial charge in [0.25, 0.3) is 0 Å². The summed E-state index contributed by atoms with van der Waals surface area (Å²) in [4.78, 5) is 0. The summed E-state index contributed by atoms with van der Waals surface area (Å²) in [6, 6.07) is 1.68. The minimum atomic E-state index is -4.29. The predicted molar refractivity (Wildman–Crippen MR) is 58.2 cm³/mol. The van der Waals surface area contributed by atoms with E-state index in [4.69, 9.17) is 5.73 Å². The van der Waals surface area contributed by atoms with E-state index in [9.17, 15) is 13.2 Å². The molecule has 0 spiro atoms. The highest BCUT2D eigenvalue weighted by Gasteiger charge is 2.27. The average molecular weight is 250 g/mol. The van der Waals surface area contributed by atoms with E-state index < -0.39 is 12.8 Å². The van der Waals surface area contributed by atoms with E-state index in [0.29, 0.717) is 0 Å². The lowest BCUT2D eigenvalue weighted by Crippen LogP contribution is -2.18. The Morgan fingerprint density at radius 1 is 1.41 bits per heavy atom. The van der Waals surface area contributed by atoms with E-state index in [1.54, 1.807) is 23.0 Å². The van der Waals surface area contributed by atoms with Gasteiger partial charge in [-0.2, -0.15) is 13.2 Å². The third-order valence-corrected chi connectivity index (χ3v) is 2.38. The zero-order valence-corrected chi connectivity index (χ0v) is 9.87. The molecule has 1 aromatic rings. The molecule has 0 aliphatic rings. The maximum absolute atomic E-state index is 11.8. The Kier molecular flexibility index (Phi) is 4.59. The number of rotatable bonds is 5. The summed E-state index contributed by atoms with van der Waals surface area (Å²) >= 11 is 0. The van der Waals surface area contributed by atoms with Crippen LogP contribution in [0, 0.1) is 5.92 Å². The summed E-state index contributed by atoms with van der Waals surface area (Å²) in [5.74, 6) is 0.280. The van der Waals surface area contributed by atoms with Crippen molar-refractivity contribution in [1.82, 2.24) is 4.57 Å². The fourth-order valence-electron chi connectivity index (χ4n) is 1.39. The molecule has 1 rings (SSSR count). The lowest BCUT2D eigenvalue weighted by atomic mass is 10.00. The van der Waals surface area contributed by atoms with Gasteiger partial charge in [-0.1, -0.05) is 13.8 Å². The van der Waals surface area contributed by atoms with Crippen LogP contribution in [0.25, 0.3) is 0 Å². The minimum Gasteiger partial charge on any atom is -0.351 e. The van der Waals surface area contributed by atoms with Crippen LogP contribution in [0.2, 0.25) is 0 Å². The standard InChI is InChI=1S/C11H17F3N2O/c1-8(2)10(15)9-3-4-16(5-9)7-17-6-11(12,13)14/h3-5,8,10H,6-7,15H2,1-2H3. The fraction of sp³-hybridized carbons (Fsp3) is 0.636.